The third-order valence-electron chi connectivity index (χ3n) is 3.96. The normalized spacial score (nSPS) is 31.5. The molecule has 0 aromatic heterocycles. The van der Waals surface area contributed by atoms with Crippen LogP contribution in [0.4, 0.5) is 13.2 Å². The van der Waals surface area contributed by atoms with Crippen molar-refractivity contribution < 1.29 is 27.5 Å². The fourth-order valence-corrected chi connectivity index (χ4v) is 2.96. The number of halogens is 3. The van der Waals surface area contributed by atoms with Gasteiger partial charge in [-0.15, -0.1) is 0 Å². The minimum absolute atomic E-state index is 0.0478. The molecule has 1 saturated heterocycles. The van der Waals surface area contributed by atoms with Gasteiger partial charge in [-0.3, -0.25) is 9.59 Å². The Morgan fingerprint density at radius 1 is 1.53 bits per heavy atom. The predicted octanol–water partition coefficient (Wildman–Crippen LogP) is 1.54. The molecule has 1 saturated carbocycles. The lowest BCUT2D eigenvalue weighted by atomic mass is 9.60. The van der Waals surface area contributed by atoms with E-state index in [2.05, 4.69) is 0 Å². The number of ketones is 1. The lowest BCUT2D eigenvalue weighted by molar-refractivity contribution is -0.196. The average molecular weight is 279 g/mol. The molecular formula is C12H16F3NO3. The highest BCUT2D eigenvalue weighted by Gasteiger charge is 2.59. The Balaban J connectivity index is 2.12. The first kappa shape index (κ1) is 14.3. The zero-order valence-corrected chi connectivity index (χ0v) is 10.6. The maximum atomic E-state index is 12.4. The molecule has 19 heavy (non-hydrogen) atoms. The monoisotopic (exact) mass is 279 g/mol. The summed E-state index contributed by atoms with van der Waals surface area (Å²) in [4.78, 5) is 23.8. The number of rotatable bonds is 2. The quantitative estimate of drug-likeness (QED) is 0.770. The highest BCUT2D eigenvalue weighted by atomic mass is 19.4. The highest BCUT2D eigenvalue weighted by Crippen LogP contribution is 2.47. The SMILES string of the molecule is CCOC1CC(=O)C12CCCN(C(=O)C(F)(F)F)C2. The molecule has 1 amide bonds. The molecule has 1 heterocycles. The number of nitrogens with zero attached hydrogens (tertiary/aromatic N) is 1. The highest BCUT2D eigenvalue weighted by molar-refractivity contribution is 5.93. The maximum Gasteiger partial charge on any atom is 0.471 e. The van der Waals surface area contributed by atoms with Gasteiger partial charge in [0.25, 0.3) is 0 Å². The molecule has 7 heteroatoms. The Morgan fingerprint density at radius 2 is 2.21 bits per heavy atom. The molecule has 2 unspecified atom stereocenters. The van der Waals surface area contributed by atoms with Crippen LogP contribution in [-0.2, 0) is 14.3 Å². The van der Waals surface area contributed by atoms with Gasteiger partial charge in [0.15, 0.2) is 0 Å². The fraction of sp³-hybridized carbons (Fsp3) is 0.833. The second-order valence-corrected chi connectivity index (χ2v) is 5.06. The molecule has 2 aliphatic rings. The molecule has 0 aromatic rings. The van der Waals surface area contributed by atoms with E-state index in [1.807, 2.05) is 0 Å². The van der Waals surface area contributed by atoms with Crippen molar-refractivity contribution in [3.05, 3.63) is 0 Å². The van der Waals surface area contributed by atoms with Gasteiger partial charge < -0.3 is 9.64 Å². The zero-order chi connectivity index (χ0) is 14.3. The second kappa shape index (κ2) is 4.77. The van der Waals surface area contributed by atoms with Crippen molar-refractivity contribution in [2.24, 2.45) is 5.41 Å². The standard InChI is InChI=1S/C12H16F3NO3/c1-2-19-9-6-8(17)11(9)4-3-5-16(7-11)10(18)12(13,14)15/h9H,2-7H2,1H3. The van der Waals surface area contributed by atoms with Crippen molar-refractivity contribution in [2.75, 3.05) is 19.7 Å². The van der Waals surface area contributed by atoms with E-state index in [1.165, 1.54) is 0 Å². The predicted molar refractivity (Wildman–Crippen MR) is 59.3 cm³/mol. The Morgan fingerprint density at radius 3 is 2.74 bits per heavy atom. The van der Waals surface area contributed by atoms with Crippen LogP contribution in [-0.4, -0.2) is 48.6 Å². The summed E-state index contributed by atoms with van der Waals surface area (Å²) in [5, 5.41) is 0. The maximum absolute atomic E-state index is 12.4. The lowest BCUT2D eigenvalue weighted by Gasteiger charge is -2.52. The Labute approximate surface area is 108 Å². The van der Waals surface area contributed by atoms with Gasteiger partial charge in [-0.05, 0) is 19.8 Å². The lowest BCUT2D eigenvalue weighted by Crippen LogP contribution is -2.64. The third kappa shape index (κ3) is 2.35. The van der Waals surface area contributed by atoms with E-state index in [1.54, 1.807) is 6.92 Å². The number of alkyl halides is 3. The van der Waals surface area contributed by atoms with Crippen LogP contribution in [0.5, 0.6) is 0 Å². The van der Waals surface area contributed by atoms with Crippen LogP contribution in [0.2, 0.25) is 0 Å². The van der Waals surface area contributed by atoms with Crippen LogP contribution in [0.25, 0.3) is 0 Å². The Bertz CT molecular complexity index is 396. The Kier molecular flexibility index (Phi) is 3.59. The van der Waals surface area contributed by atoms with Crippen molar-refractivity contribution in [2.45, 2.75) is 38.5 Å². The van der Waals surface area contributed by atoms with Crippen molar-refractivity contribution >= 4 is 11.7 Å². The van der Waals surface area contributed by atoms with Crippen molar-refractivity contribution in [3.8, 4) is 0 Å². The van der Waals surface area contributed by atoms with Gasteiger partial charge in [-0.2, -0.15) is 13.2 Å². The zero-order valence-electron chi connectivity index (χ0n) is 10.6. The van der Waals surface area contributed by atoms with Crippen molar-refractivity contribution in [1.82, 2.24) is 4.90 Å². The van der Waals surface area contributed by atoms with E-state index in [9.17, 15) is 22.8 Å². The molecule has 0 bridgehead atoms. The molecule has 2 atom stereocenters. The number of carbonyl (C=O) groups excluding carboxylic acids is 2. The minimum Gasteiger partial charge on any atom is -0.377 e. The second-order valence-electron chi connectivity index (χ2n) is 5.06. The van der Waals surface area contributed by atoms with Crippen LogP contribution >= 0.6 is 0 Å². The number of ether oxygens (including phenoxy) is 1. The van der Waals surface area contributed by atoms with E-state index in [0.29, 0.717) is 19.4 Å². The molecule has 2 fully saturated rings. The van der Waals surface area contributed by atoms with Gasteiger partial charge in [0.1, 0.15) is 5.78 Å². The van der Waals surface area contributed by atoms with Crippen LogP contribution in [0.15, 0.2) is 0 Å². The van der Waals surface area contributed by atoms with E-state index in [4.69, 9.17) is 4.74 Å². The molecule has 2 rings (SSSR count). The number of Topliss-reactive ketones (excluding diaryl/α,β-unsaturated/α-hetero) is 1. The van der Waals surface area contributed by atoms with Gasteiger partial charge in [-0.25, -0.2) is 0 Å². The largest absolute Gasteiger partial charge is 0.471 e. The van der Waals surface area contributed by atoms with E-state index in [0.717, 1.165) is 4.90 Å². The first-order chi connectivity index (χ1) is 8.81. The summed E-state index contributed by atoms with van der Waals surface area (Å²) in [6.07, 6.45) is -4.10. The first-order valence-electron chi connectivity index (χ1n) is 6.32. The van der Waals surface area contributed by atoms with E-state index >= 15 is 0 Å². The molecule has 0 aromatic carbocycles. The summed E-state index contributed by atoms with van der Waals surface area (Å²) >= 11 is 0. The number of likely N-dealkylation sites (tertiary alicyclic amines) is 1. The van der Waals surface area contributed by atoms with Gasteiger partial charge >= 0.3 is 12.1 Å². The summed E-state index contributed by atoms with van der Waals surface area (Å²) in [7, 11) is 0. The van der Waals surface area contributed by atoms with Crippen molar-refractivity contribution in [1.29, 1.82) is 0 Å². The smallest absolute Gasteiger partial charge is 0.377 e. The number of hydrogen-bond donors (Lipinski definition) is 0. The number of amides is 1. The van der Waals surface area contributed by atoms with Gasteiger partial charge in [0.2, 0.25) is 0 Å². The molecular weight excluding hydrogens is 263 g/mol. The van der Waals surface area contributed by atoms with Gasteiger partial charge in [0.05, 0.1) is 11.5 Å². The van der Waals surface area contributed by atoms with E-state index in [-0.39, 0.29) is 31.4 Å². The van der Waals surface area contributed by atoms with Crippen LogP contribution in [0.1, 0.15) is 26.2 Å². The molecule has 1 aliphatic carbocycles. The van der Waals surface area contributed by atoms with Crippen LogP contribution in [0, 0.1) is 5.41 Å². The van der Waals surface area contributed by atoms with Gasteiger partial charge in [-0.1, -0.05) is 0 Å². The molecule has 108 valence electrons. The third-order valence-corrected chi connectivity index (χ3v) is 3.96. The number of hydrogen-bond acceptors (Lipinski definition) is 3. The summed E-state index contributed by atoms with van der Waals surface area (Å²) in [6.45, 7) is 2.06. The van der Waals surface area contributed by atoms with Crippen LogP contribution in [0.3, 0.4) is 0 Å². The van der Waals surface area contributed by atoms with E-state index < -0.39 is 17.5 Å². The van der Waals surface area contributed by atoms with Crippen molar-refractivity contribution in [3.63, 3.8) is 0 Å². The molecule has 0 N–H and O–H groups in total. The number of piperidine rings is 1. The molecule has 0 radical (unpaired) electrons. The number of carbonyl (C=O) groups is 2. The topological polar surface area (TPSA) is 46.6 Å². The summed E-state index contributed by atoms with van der Waals surface area (Å²) in [5.41, 5.74) is -0.908. The minimum atomic E-state index is -4.88. The molecule has 4 nitrogen and oxygen atoms in total. The summed E-state index contributed by atoms with van der Waals surface area (Å²) in [5.74, 6) is -1.95. The summed E-state index contributed by atoms with van der Waals surface area (Å²) in [6, 6.07) is 0. The van der Waals surface area contributed by atoms with Crippen LogP contribution < -0.4 is 0 Å². The van der Waals surface area contributed by atoms with Gasteiger partial charge in [0, 0.05) is 26.1 Å². The Hall–Kier alpha value is -1.11. The summed E-state index contributed by atoms with van der Waals surface area (Å²) < 4.78 is 42.7. The molecule has 1 aliphatic heterocycles. The first-order valence-corrected chi connectivity index (χ1v) is 6.32. The fourth-order valence-electron chi connectivity index (χ4n) is 2.96. The average Bonchev–Trinajstić information content (AvgIpc) is 2.37. The molecule has 1 spiro atoms.